The van der Waals surface area contributed by atoms with Crippen LogP contribution in [0, 0.1) is 25.2 Å². The molecule has 0 amide bonds. The Hall–Kier alpha value is -2.06. The van der Waals surface area contributed by atoms with Crippen molar-refractivity contribution in [2.75, 3.05) is 5.75 Å². The molecular weight excluding hydrogens is 258 g/mol. The first-order valence-electron chi connectivity index (χ1n) is 5.79. The van der Waals surface area contributed by atoms with Gasteiger partial charge in [0.25, 0.3) is 0 Å². The lowest BCUT2D eigenvalue weighted by Gasteiger charge is -2.06. The molecule has 0 aliphatic rings. The van der Waals surface area contributed by atoms with Crippen LogP contribution in [-0.4, -0.2) is 21.5 Å². The SMILES string of the molecule is Cc1cc(C)c(C#N)c(SCC(=O)c2ccc[nH]2)n1. The molecule has 2 aromatic rings. The van der Waals surface area contributed by atoms with E-state index in [1.165, 1.54) is 11.8 Å². The molecule has 1 N–H and O–H groups in total. The van der Waals surface area contributed by atoms with Crippen molar-refractivity contribution in [3.63, 3.8) is 0 Å². The number of aromatic nitrogens is 2. The Labute approximate surface area is 115 Å². The van der Waals surface area contributed by atoms with Crippen molar-refractivity contribution in [2.45, 2.75) is 18.9 Å². The highest BCUT2D eigenvalue weighted by Crippen LogP contribution is 2.24. The second-order valence-electron chi connectivity index (χ2n) is 4.17. The van der Waals surface area contributed by atoms with Gasteiger partial charge in [0.05, 0.1) is 17.0 Å². The Morgan fingerprint density at radius 2 is 2.32 bits per heavy atom. The van der Waals surface area contributed by atoms with Crippen molar-refractivity contribution in [1.82, 2.24) is 9.97 Å². The number of carbonyl (C=O) groups is 1. The maximum Gasteiger partial charge on any atom is 0.189 e. The molecule has 5 heteroatoms. The van der Waals surface area contributed by atoms with E-state index in [0.29, 0.717) is 16.3 Å². The van der Waals surface area contributed by atoms with Gasteiger partial charge >= 0.3 is 0 Å². The molecule has 0 aliphatic carbocycles. The average Bonchev–Trinajstić information content (AvgIpc) is 2.89. The van der Waals surface area contributed by atoms with E-state index in [0.717, 1.165) is 11.3 Å². The van der Waals surface area contributed by atoms with Crippen LogP contribution < -0.4 is 0 Å². The number of carbonyl (C=O) groups excluding carboxylic acids is 1. The number of nitrogens with one attached hydrogen (secondary N) is 1. The van der Waals surface area contributed by atoms with Gasteiger partial charge in [-0.3, -0.25) is 4.79 Å². The molecule has 0 bridgehead atoms. The van der Waals surface area contributed by atoms with Gasteiger partial charge in [-0.15, -0.1) is 0 Å². The smallest absolute Gasteiger partial charge is 0.189 e. The molecule has 2 rings (SSSR count). The third kappa shape index (κ3) is 3.04. The maximum absolute atomic E-state index is 11.9. The van der Waals surface area contributed by atoms with Crippen molar-refractivity contribution in [1.29, 1.82) is 5.26 Å². The number of aryl methyl sites for hydroxylation is 2. The summed E-state index contributed by atoms with van der Waals surface area (Å²) in [5.41, 5.74) is 2.88. The van der Waals surface area contributed by atoms with E-state index in [4.69, 9.17) is 5.26 Å². The van der Waals surface area contributed by atoms with E-state index in [9.17, 15) is 4.79 Å². The highest BCUT2D eigenvalue weighted by molar-refractivity contribution is 8.00. The molecule has 0 spiro atoms. The first-order valence-corrected chi connectivity index (χ1v) is 6.78. The van der Waals surface area contributed by atoms with Crippen molar-refractivity contribution < 1.29 is 4.79 Å². The largest absolute Gasteiger partial charge is 0.359 e. The van der Waals surface area contributed by atoms with Crippen molar-refractivity contribution in [3.8, 4) is 6.07 Å². The summed E-state index contributed by atoms with van der Waals surface area (Å²) in [4.78, 5) is 19.1. The number of H-pyrrole nitrogens is 1. The Bertz CT molecular complexity index is 641. The Morgan fingerprint density at radius 3 is 2.95 bits per heavy atom. The van der Waals surface area contributed by atoms with Crippen LogP contribution in [0.2, 0.25) is 0 Å². The fourth-order valence-electron chi connectivity index (χ4n) is 1.76. The minimum absolute atomic E-state index is 0.000140. The van der Waals surface area contributed by atoms with Gasteiger partial charge in [0.1, 0.15) is 11.1 Å². The lowest BCUT2D eigenvalue weighted by atomic mass is 10.1. The molecule has 0 saturated carbocycles. The van der Waals surface area contributed by atoms with E-state index in [1.807, 2.05) is 19.9 Å². The highest BCUT2D eigenvalue weighted by atomic mass is 32.2. The van der Waals surface area contributed by atoms with Gasteiger partial charge in [-0.05, 0) is 37.6 Å². The van der Waals surface area contributed by atoms with E-state index in [1.54, 1.807) is 18.3 Å². The molecule has 0 aromatic carbocycles. The van der Waals surface area contributed by atoms with Gasteiger partial charge in [0.2, 0.25) is 0 Å². The Balaban J connectivity index is 2.16. The molecule has 19 heavy (non-hydrogen) atoms. The predicted octanol–water partition coefficient (Wildman–Crippen LogP) is 2.87. The van der Waals surface area contributed by atoms with E-state index in [2.05, 4.69) is 16.0 Å². The van der Waals surface area contributed by atoms with Gasteiger partial charge in [-0.1, -0.05) is 11.8 Å². The van der Waals surface area contributed by atoms with Crippen LogP contribution in [0.1, 0.15) is 27.3 Å². The molecule has 2 heterocycles. The molecule has 0 aliphatic heterocycles. The lowest BCUT2D eigenvalue weighted by Crippen LogP contribution is -2.04. The van der Waals surface area contributed by atoms with Crippen LogP contribution in [0.15, 0.2) is 29.4 Å². The van der Waals surface area contributed by atoms with Gasteiger partial charge < -0.3 is 4.98 Å². The number of thioether (sulfide) groups is 1. The summed E-state index contributed by atoms with van der Waals surface area (Å²) in [6.45, 7) is 3.76. The lowest BCUT2D eigenvalue weighted by molar-refractivity contribution is 0.101. The van der Waals surface area contributed by atoms with Crippen LogP contribution in [-0.2, 0) is 0 Å². The molecule has 0 radical (unpaired) electrons. The maximum atomic E-state index is 11.9. The minimum Gasteiger partial charge on any atom is -0.359 e. The number of aromatic amines is 1. The average molecular weight is 271 g/mol. The summed E-state index contributed by atoms with van der Waals surface area (Å²) in [5, 5.41) is 9.77. The van der Waals surface area contributed by atoms with Crippen LogP contribution in [0.3, 0.4) is 0 Å². The predicted molar refractivity (Wildman–Crippen MR) is 74.3 cm³/mol. The summed E-state index contributed by atoms with van der Waals surface area (Å²) in [7, 11) is 0. The number of nitrogens with zero attached hydrogens (tertiary/aromatic N) is 2. The number of pyridine rings is 1. The third-order valence-corrected chi connectivity index (χ3v) is 3.64. The highest BCUT2D eigenvalue weighted by Gasteiger charge is 2.12. The second kappa shape index (κ2) is 5.72. The zero-order valence-corrected chi connectivity index (χ0v) is 11.5. The summed E-state index contributed by atoms with van der Waals surface area (Å²) in [6.07, 6.45) is 1.72. The van der Waals surface area contributed by atoms with Crippen molar-refractivity contribution >= 4 is 17.5 Å². The van der Waals surface area contributed by atoms with Gasteiger partial charge in [-0.2, -0.15) is 5.26 Å². The molecule has 0 saturated heterocycles. The summed E-state index contributed by atoms with van der Waals surface area (Å²) >= 11 is 1.30. The van der Waals surface area contributed by atoms with Crippen molar-refractivity contribution in [2.24, 2.45) is 0 Å². The summed E-state index contributed by atoms with van der Waals surface area (Å²) in [6, 6.07) is 7.54. The topological polar surface area (TPSA) is 69.5 Å². The fourth-order valence-corrected chi connectivity index (χ4v) is 2.74. The van der Waals surface area contributed by atoms with Gasteiger partial charge in [-0.25, -0.2) is 4.98 Å². The molecule has 0 atom stereocenters. The second-order valence-corrected chi connectivity index (χ2v) is 5.13. The molecule has 4 nitrogen and oxygen atoms in total. The zero-order valence-electron chi connectivity index (χ0n) is 10.7. The van der Waals surface area contributed by atoms with E-state index in [-0.39, 0.29) is 11.5 Å². The number of hydrogen-bond acceptors (Lipinski definition) is 4. The Kier molecular flexibility index (Phi) is 4.03. The summed E-state index contributed by atoms with van der Waals surface area (Å²) < 4.78 is 0. The van der Waals surface area contributed by atoms with Crippen LogP contribution in [0.4, 0.5) is 0 Å². The molecule has 0 unspecified atom stereocenters. The minimum atomic E-state index is -0.000140. The van der Waals surface area contributed by atoms with E-state index >= 15 is 0 Å². The first-order chi connectivity index (χ1) is 9.11. The molecule has 96 valence electrons. The number of ketones is 1. The third-order valence-electron chi connectivity index (χ3n) is 2.66. The van der Waals surface area contributed by atoms with Gasteiger partial charge in [0.15, 0.2) is 5.78 Å². The molecule has 0 fully saturated rings. The van der Waals surface area contributed by atoms with Crippen LogP contribution in [0.25, 0.3) is 0 Å². The fraction of sp³-hybridized carbons (Fsp3) is 0.214. The quantitative estimate of drug-likeness (QED) is 0.685. The van der Waals surface area contributed by atoms with Crippen molar-refractivity contribution in [3.05, 3.63) is 46.9 Å². The number of nitriles is 1. The van der Waals surface area contributed by atoms with Crippen LogP contribution in [0.5, 0.6) is 0 Å². The van der Waals surface area contributed by atoms with E-state index < -0.39 is 0 Å². The monoisotopic (exact) mass is 271 g/mol. The number of Topliss-reactive ketones (excluding diaryl/α,β-unsaturated/α-hetero) is 1. The molecule has 2 aromatic heterocycles. The number of hydrogen-bond donors (Lipinski definition) is 1. The summed E-state index contributed by atoms with van der Waals surface area (Å²) in [5.74, 6) is 0.269. The standard InChI is InChI=1S/C14H13N3OS/c1-9-6-10(2)17-14(11(9)7-15)19-8-13(18)12-4-3-5-16-12/h3-6,16H,8H2,1-2H3. The number of rotatable bonds is 4. The normalized spacial score (nSPS) is 10.2. The van der Waals surface area contributed by atoms with Crippen LogP contribution >= 0.6 is 11.8 Å². The first kappa shape index (κ1) is 13.4. The zero-order chi connectivity index (χ0) is 13.8. The molecular formula is C14H13N3OS. The Morgan fingerprint density at radius 1 is 1.53 bits per heavy atom. The van der Waals surface area contributed by atoms with Gasteiger partial charge in [0, 0.05) is 11.9 Å².